The highest BCUT2D eigenvalue weighted by atomic mass is 16.5. The summed E-state index contributed by atoms with van der Waals surface area (Å²) in [5, 5.41) is 2.93. The second kappa shape index (κ2) is 9.24. The first-order valence-electron chi connectivity index (χ1n) is 9.75. The summed E-state index contributed by atoms with van der Waals surface area (Å²) in [4.78, 5) is 27.6. The van der Waals surface area contributed by atoms with Gasteiger partial charge in [0.1, 0.15) is 18.1 Å². The number of amides is 1. The fourth-order valence-electron chi connectivity index (χ4n) is 3.41. The van der Waals surface area contributed by atoms with Gasteiger partial charge < -0.3 is 15.0 Å². The molecule has 1 amide bonds. The number of nitrogens with one attached hydrogen (secondary N) is 2. The molecule has 2 N–H and O–H groups in total. The Bertz CT molecular complexity index is 989. The molecule has 29 heavy (non-hydrogen) atoms. The topological polar surface area (TPSA) is 71.2 Å². The molecule has 0 aliphatic rings. The van der Waals surface area contributed by atoms with Gasteiger partial charge in [0.05, 0.1) is 0 Å². The Labute approximate surface area is 171 Å². The van der Waals surface area contributed by atoms with Crippen molar-refractivity contribution in [3.63, 3.8) is 0 Å². The van der Waals surface area contributed by atoms with Crippen LogP contribution in [0.15, 0.2) is 54.6 Å². The van der Waals surface area contributed by atoms with Gasteiger partial charge in [-0.3, -0.25) is 9.59 Å². The zero-order valence-electron chi connectivity index (χ0n) is 17.0. The van der Waals surface area contributed by atoms with Crippen molar-refractivity contribution in [1.29, 1.82) is 0 Å². The van der Waals surface area contributed by atoms with E-state index >= 15 is 0 Å². The third kappa shape index (κ3) is 4.93. The number of hydrogen-bond donors (Lipinski definition) is 2. The van der Waals surface area contributed by atoms with E-state index in [9.17, 15) is 9.59 Å². The maximum Gasteiger partial charge on any atom is 0.268 e. The second-order valence-electron chi connectivity index (χ2n) is 6.99. The van der Waals surface area contributed by atoms with E-state index in [4.69, 9.17) is 4.74 Å². The summed E-state index contributed by atoms with van der Waals surface area (Å²) in [5.41, 5.74) is 4.67. The Morgan fingerprint density at radius 2 is 1.66 bits per heavy atom. The number of H-pyrrole nitrogens is 1. The molecule has 0 aliphatic carbocycles. The molecule has 0 spiro atoms. The van der Waals surface area contributed by atoms with E-state index in [0.717, 1.165) is 28.1 Å². The van der Waals surface area contributed by atoms with Crippen LogP contribution in [0.25, 0.3) is 0 Å². The Morgan fingerprint density at radius 1 is 1.00 bits per heavy atom. The fourth-order valence-corrected chi connectivity index (χ4v) is 3.41. The van der Waals surface area contributed by atoms with Gasteiger partial charge in [-0.05, 0) is 49.1 Å². The van der Waals surface area contributed by atoms with Crippen molar-refractivity contribution in [3.8, 4) is 5.75 Å². The average molecular weight is 390 g/mol. The third-order valence-corrected chi connectivity index (χ3v) is 4.85. The van der Waals surface area contributed by atoms with Crippen LogP contribution in [0.4, 0.5) is 0 Å². The molecule has 150 valence electrons. The number of aromatic amines is 1. The van der Waals surface area contributed by atoms with Gasteiger partial charge in [-0.1, -0.05) is 49.4 Å². The van der Waals surface area contributed by atoms with Gasteiger partial charge in [-0.25, -0.2) is 0 Å². The van der Waals surface area contributed by atoms with Crippen LogP contribution >= 0.6 is 0 Å². The zero-order valence-corrected chi connectivity index (χ0v) is 17.0. The Kier molecular flexibility index (Phi) is 6.50. The van der Waals surface area contributed by atoms with Crippen LogP contribution in [0.3, 0.4) is 0 Å². The highest BCUT2D eigenvalue weighted by Crippen LogP contribution is 2.20. The molecule has 1 heterocycles. The van der Waals surface area contributed by atoms with Crippen LogP contribution in [0.1, 0.15) is 57.1 Å². The van der Waals surface area contributed by atoms with Gasteiger partial charge in [-0.2, -0.15) is 0 Å². The number of para-hydroxylation sites is 1. The highest BCUT2D eigenvalue weighted by molar-refractivity contribution is 6.02. The molecule has 0 atom stereocenters. The molecule has 3 aromatic rings. The minimum atomic E-state index is -0.200. The van der Waals surface area contributed by atoms with Crippen molar-refractivity contribution in [3.05, 3.63) is 88.2 Å². The Morgan fingerprint density at radius 3 is 2.28 bits per heavy atom. The lowest BCUT2D eigenvalue weighted by atomic mass is 10.0. The Hall–Kier alpha value is -3.34. The first-order valence-corrected chi connectivity index (χ1v) is 9.75. The number of aromatic nitrogens is 1. The van der Waals surface area contributed by atoms with Crippen LogP contribution in [0, 0.1) is 6.92 Å². The lowest BCUT2D eigenvalue weighted by Crippen LogP contribution is -2.24. The van der Waals surface area contributed by atoms with E-state index in [0.29, 0.717) is 30.8 Å². The second-order valence-corrected chi connectivity index (χ2v) is 6.99. The van der Waals surface area contributed by atoms with Gasteiger partial charge >= 0.3 is 0 Å². The van der Waals surface area contributed by atoms with Crippen LogP contribution in [-0.2, 0) is 19.6 Å². The summed E-state index contributed by atoms with van der Waals surface area (Å²) in [5.74, 6) is 0.610. The lowest BCUT2D eigenvalue weighted by molar-refractivity contribution is 0.0945. The smallest absolute Gasteiger partial charge is 0.268 e. The molecule has 0 unspecified atom stereocenters. The first kappa shape index (κ1) is 20.4. The maximum absolute atomic E-state index is 12.6. The van der Waals surface area contributed by atoms with Crippen LogP contribution in [0.5, 0.6) is 5.75 Å². The van der Waals surface area contributed by atoms with Crippen molar-refractivity contribution in [2.75, 3.05) is 0 Å². The number of carbonyl (C=O) groups is 2. The van der Waals surface area contributed by atoms with Gasteiger partial charge in [0.25, 0.3) is 5.91 Å². The lowest BCUT2D eigenvalue weighted by Gasteiger charge is -2.09. The van der Waals surface area contributed by atoms with E-state index in [1.807, 2.05) is 68.4 Å². The summed E-state index contributed by atoms with van der Waals surface area (Å²) in [6, 6.07) is 17.6. The summed E-state index contributed by atoms with van der Waals surface area (Å²) in [6.45, 7) is 6.20. The number of hydrogen-bond acceptors (Lipinski definition) is 3. The molecule has 5 heteroatoms. The molecular formula is C24H26N2O3. The molecule has 0 saturated carbocycles. The standard InChI is InChI=1S/C24H26N2O3/c1-4-21-22(17(3)27)16(2)26-23(21)24(28)25-14-18-10-12-19(13-11-18)15-29-20-8-6-5-7-9-20/h5-13,26H,4,14-15H2,1-3H3,(H,25,28). The normalized spacial score (nSPS) is 10.6. The van der Waals surface area contributed by atoms with Crippen LogP contribution in [-0.4, -0.2) is 16.7 Å². The number of Topliss-reactive ketones (excluding diaryl/α,β-unsaturated/α-hetero) is 1. The zero-order chi connectivity index (χ0) is 20.8. The molecule has 0 bridgehead atoms. The van der Waals surface area contributed by atoms with E-state index in [1.54, 1.807) is 0 Å². The maximum atomic E-state index is 12.6. The highest BCUT2D eigenvalue weighted by Gasteiger charge is 2.21. The van der Waals surface area contributed by atoms with Gasteiger partial charge in [0.15, 0.2) is 5.78 Å². The van der Waals surface area contributed by atoms with Crippen LogP contribution < -0.4 is 10.1 Å². The summed E-state index contributed by atoms with van der Waals surface area (Å²) in [6.07, 6.45) is 0.623. The number of ether oxygens (including phenoxy) is 1. The number of carbonyl (C=O) groups excluding carboxylic acids is 2. The van der Waals surface area contributed by atoms with E-state index in [2.05, 4.69) is 10.3 Å². The average Bonchev–Trinajstić information content (AvgIpc) is 3.08. The minimum Gasteiger partial charge on any atom is -0.489 e. The van der Waals surface area contributed by atoms with E-state index in [1.165, 1.54) is 6.92 Å². The molecule has 0 saturated heterocycles. The fraction of sp³-hybridized carbons (Fsp3) is 0.250. The SMILES string of the molecule is CCc1c(C(=O)NCc2ccc(COc3ccccc3)cc2)[nH]c(C)c1C(C)=O. The van der Waals surface area contributed by atoms with E-state index < -0.39 is 0 Å². The molecule has 3 rings (SSSR count). The van der Waals surface area contributed by atoms with Crippen molar-refractivity contribution in [2.45, 2.75) is 40.3 Å². The molecule has 1 aromatic heterocycles. The number of rotatable bonds is 8. The first-order chi connectivity index (χ1) is 14.0. The molecule has 0 fully saturated rings. The van der Waals surface area contributed by atoms with Crippen molar-refractivity contribution >= 4 is 11.7 Å². The van der Waals surface area contributed by atoms with Crippen molar-refractivity contribution in [1.82, 2.24) is 10.3 Å². The Balaban J connectivity index is 1.59. The van der Waals surface area contributed by atoms with Gasteiger partial charge in [0.2, 0.25) is 0 Å². The predicted molar refractivity (Wildman–Crippen MR) is 113 cm³/mol. The van der Waals surface area contributed by atoms with E-state index in [-0.39, 0.29) is 11.7 Å². The largest absolute Gasteiger partial charge is 0.489 e. The molecule has 0 aliphatic heterocycles. The van der Waals surface area contributed by atoms with Crippen LogP contribution in [0.2, 0.25) is 0 Å². The van der Waals surface area contributed by atoms with Gasteiger partial charge in [0, 0.05) is 17.8 Å². The number of aryl methyl sites for hydroxylation is 1. The number of ketones is 1. The quantitative estimate of drug-likeness (QED) is 0.552. The van der Waals surface area contributed by atoms with Crippen molar-refractivity contribution < 1.29 is 14.3 Å². The molecule has 2 aromatic carbocycles. The monoisotopic (exact) mass is 390 g/mol. The predicted octanol–water partition coefficient (Wildman–Crippen LogP) is 4.60. The van der Waals surface area contributed by atoms with Gasteiger partial charge in [-0.15, -0.1) is 0 Å². The summed E-state index contributed by atoms with van der Waals surface area (Å²) >= 11 is 0. The van der Waals surface area contributed by atoms with Crippen molar-refractivity contribution in [2.24, 2.45) is 0 Å². The number of benzene rings is 2. The molecule has 0 radical (unpaired) electrons. The molecular weight excluding hydrogens is 364 g/mol. The third-order valence-electron chi connectivity index (χ3n) is 4.85. The summed E-state index contributed by atoms with van der Waals surface area (Å²) < 4.78 is 5.74. The minimum absolute atomic E-state index is 0.0250. The summed E-state index contributed by atoms with van der Waals surface area (Å²) in [7, 11) is 0. The molecule has 5 nitrogen and oxygen atoms in total.